The first kappa shape index (κ1) is 13.3. The first-order chi connectivity index (χ1) is 7.61. The summed E-state index contributed by atoms with van der Waals surface area (Å²) in [6, 6.07) is 0.208. The lowest BCUT2D eigenvalue weighted by molar-refractivity contribution is -0.122. The van der Waals surface area contributed by atoms with Crippen LogP contribution >= 0.6 is 11.6 Å². The van der Waals surface area contributed by atoms with E-state index in [0.717, 1.165) is 25.9 Å². The predicted molar refractivity (Wildman–Crippen MR) is 62.1 cm³/mol. The minimum Gasteiger partial charge on any atom is -0.369 e. The quantitative estimate of drug-likeness (QED) is 0.654. The van der Waals surface area contributed by atoms with Gasteiger partial charge in [0.2, 0.25) is 11.8 Å². The Labute approximate surface area is 100 Å². The molecule has 6 heteroatoms. The van der Waals surface area contributed by atoms with Crippen LogP contribution in [0.25, 0.3) is 0 Å². The molecule has 3 N–H and O–H groups in total. The highest BCUT2D eigenvalue weighted by molar-refractivity contribution is 6.18. The third-order valence-electron chi connectivity index (χ3n) is 2.65. The first-order valence-corrected chi connectivity index (χ1v) is 6.01. The molecule has 16 heavy (non-hydrogen) atoms. The molecule has 1 heterocycles. The van der Waals surface area contributed by atoms with E-state index in [1.165, 1.54) is 0 Å². The lowest BCUT2D eigenvalue weighted by atomic mass is 10.0. The summed E-state index contributed by atoms with van der Waals surface area (Å²) in [6.45, 7) is 1.91. The fourth-order valence-corrected chi connectivity index (χ4v) is 2.01. The fraction of sp³-hybridized carbons (Fsp3) is 0.800. The Morgan fingerprint density at radius 1 is 1.38 bits per heavy atom. The third kappa shape index (κ3) is 4.81. The molecular weight excluding hydrogens is 230 g/mol. The zero-order valence-electron chi connectivity index (χ0n) is 9.25. The molecule has 0 saturated carbocycles. The number of carbonyl (C=O) groups excluding carboxylic acids is 2. The maximum absolute atomic E-state index is 11.3. The molecule has 0 spiro atoms. The van der Waals surface area contributed by atoms with Crippen molar-refractivity contribution < 1.29 is 9.59 Å². The van der Waals surface area contributed by atoms with E-state index in [4.69, 9.17) is 17.3 Å². The molecule has 0 aliphatic carbocycles. The lowest BCUT2D eigenvalue weighted by Gasteiger charge is -2.31. The smallest absolute Gasteiger partial charge is 0.231 e. The van der Waals surface area contributed by atoms with Crippen LogP contribution in [0.15, 0.2) is 0 Å². The number of hydrogen-bond acceptors (Lipinski definition) is 3. The van der Waals surface area contributed by atoms with Crippen LogP contribution in [-0.2, 0) is 9.59 Å². The molecule has 5 nitrogen and oxygen atoms in total. The van der Waals surface area contributed by atoms with Gasteiger partial charge in [-0.2, -0.15) is 0 Å². The number of alkyl halides is 1. The van der Waals surface area contributed by atoms with Gasteiger partial charge in [-0.25, -0.2) is 0 Å². The second-order valence-corrected chi connectivity index (χ2v) is 4.40. The van der Waals surface area contributed by atoms with E-state index in [2.05, 4.69) is 5.32 Å². The second-order valence-electron chi connectivity index (χ2n) is 4.02. The van der Waals surface area contributed by atoms with E-state index in [1.807, 2.05) is 4.90 Å². The number of carbonyl (C=O) groups is 2. The molecule has 0 radical (unpaired) electrons. The standard InChI is InChI=1S/C10H18ClN3O2/c11-4-1-10(16)13-8-2-5-14(6-3-8)7-9(12)15/h8H,1-7H2,(H2,12,15)(H,13,16). The molecule has 0 aromatic rings. The number of rotatable bonds is 5. The van der Waals surface area contributed by atoms with Crippen LogP contribution in [0.1, 0.15) is 19.3 Å². The van der Waals surface area contributed by atoms with Crippen LogP contribution in [-0.4, -0.2) is 48.3 Å². The van der Waals surface area contributed by atoms with Gasteiger partial charge in [0.25, 0.3) is 0 Å². The first-order valence-electron chi connectivity index (χ1n) is 5.48. The Bertz CT molecular complexity index is 252. The van der Waals surface area contributed by atoms with E-state index in [1.54, 1.807) is 0 Å². The molecular formula is C10H18ClN3O2. The zero-order valence-corrected chi connectivity index (χ0v) is 10.0. The number of hydrogen-bond donors (Lipinski definition) is 2. The van der Waals surface area contributed by atoms with Crippen molar-refractivity contribution in [3.8, 4) is 0 Å². The van der Waals surface area contributed by atoms with Crippen molar-refractivity contribution in [2.45, 2.75) is 25.3 Å². The Balaban J connectivity index is 2.21. The van der Waals surface area contributed by atoms with Gasteiger partial charge in [0.15, 0.2) is 0 Å². The molecule has 1 saturated heterocycles. The van der Waals surface area contributed by atoms with Crippen LogP contribution in [0.2, 0.25) is 0 Å². The van der Waals surface area contributed by atoms with Crippen LogP contribution < -0.4 is 11.1 Å². The van der Waals surface area contributed by atoms with Crippen LogP contribution in [0, 0.1) is 0 Å². The predicted octanol–water partition coefficient (Wildman–Crippen LogP) is -0.319. The van der Waals surface area contributed by atoms with Crippen LogP contribution in [0.5, 0.6) is 0 Å². The zero-order chi connectivity index (χ0) is 12.0. The molecule has 2 amide bonds. The van der Waals surface area contributed by atoms with E-state index >= 15 is 0 Å². The highest BCUT2D eigenvalue weighted by Gasteiger charge is 2.20. The molecule has 0 aromatic carbocycles. The van der Waals surface area contributed by atoms with Crippen molar-refractivity contribution in [1.82, 2.24) is 10.2 Å². The SMILES string of the molecule is NC(=O)CN1CCC(NC(=O)CCCl)CC1. The molecule has 1 aliphatic rings. The Morgan fingerprint density at radius 2 is 2.00 bits per heavy atom. The molecule has 0 unspecified atom stereocenters. The summed E-state index contributed by atoms with van der Waals surface area (Å²) in [5.41, 5.74) is 5.11. The maximum Gasteiger partial charge on any atom is 0.231 e. The van der Waals surface area contributed by atoms with Crippen molar-refractivity contribution in [2.24, 2.45) is 5.73 Å². The average molecular weight is 248 g/mol. The minimum absolute atomic E-state index is 0.00310. The lowest BCUT2D eigenvalue weighted by Crippen LogP contribution is -2.46. The molecule has 1 fully saturated rings. The Hall–Kier alpha value is -0.810. The van der Waals surface area contributed by atoms with Crippen molar-refractivity contribution >= 4 is 23.4 Å². The van der Waals surface area contributed by atoms with Gasteiger partial charge >= 0.3 is 0 Å². The molecule has 0 bridgehead atoms. The molecule has 0 atom stereocenters. The van der Waals surface area contributed by atoms with Gasteiger partial charge in [-0.05, 0) is 12.8 Å². The normalized spacial score (nSPS) is 18.3. The van der Waals surface area contributed by atoms with Crippen molar-refractivity contribution in [2.75, 3.05) is 25.5 Å². The van der Waals surface area contributed by atoms with Gasteiger partial charge < -0.3 is 11.1 Å². The summed E-state index contributed by atoms with van der Waals surface area (Å²) in [6.07, 6.45) is 2.09. The van der Waals surface area contributed by atoms with E-state index < -0.39 is 0 Å². The summed E-state index contributed by atoms with van der Waals surface area (Å²) in [5.74, 6) is 0.0554. The second kappa shape index (κ2) is 6.70. The summed E-state index contributed by atoms with van der Waals surface area (Å²) in [7, 11) is 0. The summed E-state index contributed by atoms with van der Waals surface area (Å²) in [5, 5.41) is 2.93. The topological polar surface area (TPSA) is 75.4 Å². The monoisotopic (exact) mass is 247 g/mol. The van der Waals surface area contributed by atoms with Gasteiger partial charge in [-0.1, -0.05) is 0 Å². The van der Waals surface area contributed by atoms with E-state index in [9.17, 15) is 9.59 Å². The highest BCUT2D eigenvalue weighted by atomic mass is 35.5. The third-order valence-corrected chi connectivity index (χ3v) is 2.84. The van der Waals surface area contributed by atoms with Crippen LogP contribution in [0.4, 0.5) is 0 Å². The summed E-state index contributed by atoms with van der Waals surface area (Å²) < 4.78 is 0. The Kier molecular flexibility index (Phi) is 5.55. The Morgan fingerprint density at radius 3 is 2.50 bits per heavy atom. The highest BCUT2D eigenvalue weighted by Crippen LogP contribution is 2.09. The summed E-state index contributed by atoms with van der Waals surface area (Å²) in [4.78, 5) is 24.0. The summed E-state index contributed by atoms with van der Waals surface area (Å²) >= 11 is 5.47. The maximum atomic E-state index is 11.3. The van der Waals surface area contributed by atoms with Gasteiger partial charge in [-0.15, -0.1) is 11.6 Å². The van der Waals surface area contributed by atoms with Crippen LogP contribution in [0.3, 0.4) is 0 Å². The average Bonchev–Trinajstić information content (AvgIpc) is 2.20. The minimum atomic E-state index is -0.301. The number of amides is 2. The van der Waals surface area contributed by atoms with Gasteiger partial charge in [0.05, 0.1) is 6.54 Å². The number of nitrogens with two attached hydrogens (primary N) is 1. The molecule has 0 aromatic heterocycles. The molecule has 92 valence electrons. The largest absolute Gasteiger partial charge is 0.369 e. The van der Waals surface area contributed by atoms with E-state index in [-0.39, 0.29) is 17.9 Å². The van der Waals surface area contributed by atoms with Gasteiger partial charge in [-0.3, -0.25) is 14.5 Å². The number of piperidine rings is 1. The number of nitrogens with one attached hydrogen (secondary N) is 1. The number of likely N-dealkylation sites (tertiary alicyclic amines) is 1. The van der Waals surface area contributed by atoms with Crippen molar-refractivity contribution in [1.29, 1.82) is 0 Å². The van der Waals surface area contributed by atoms with Gasteiger partial charge in [0, 0.05) is 31.4 Å². The number of halogens is 1. The van der Waals surface area contributed by atoms with E-state index in [0.29, 0.717) is 18.8 Å². The molecule has 1 rings (SSSR count). The van der Waals surface area contributed by atoms with Gasteiger partial charge in [0.1, 0.15) is 0 Å². The number of primary amides is 1. The van der Waals surface area contributed by atoms with Crippen molar-refractivity contribution in [3.05, 3.63) is 0 Å². The number of nitrogens with zero attached hydrogens (tertiary/aromatic N) is 1. The van der Waals surface area contributed by atoms with Crippen molar-refractivity contribution in [3.63, 3.8) is 0 Å². The molecule has 1 aliphatic heterocycles. The fourth-order valence-electron chi connectivity index (χ4n) is 1.84.